The van der Waals surface area contributed by atoms with Crippen LogP contribution < -0.4 is 0 Å². The Balaban J connectivity index is 2.05. The number of aliphatic hydroxyl groups is 1. The summed E-state index contributed by atoms with van der Waals surface area (Å²) in [6.45, 7) is 10.2. The molecule has 1 atom stereocenters. The molecule has 0 aliphatic carbocycles. The molecule has 1 aliphatic heterocycles. The third-order valence-electron chi connectivity index (χ3n) is 4.21. The maximum absolute atomic E-state index is 8.84. The van der Waals surface area contributed by atoms with Gasteiger partial charge in [-0.05, 0) is 35.9 Å². The summed E-state index contributed by atoms with van der Waals surface area (Å²) in [6.07, 6.45) is 1.29. The zero-order valence-corrected chi connectivity index (χ0v) is 12.8. The van der Waals surface area contributed by atoms with Crippen molar-refractivity contribution in [3.05, 3.63) is 35.4 Å². The maximum atomic E-state index is 8.84. The van der Waals surface area contributed by atoms with E-state index in [0.29, 0.717) is 5.41 Å². The molecule has 20 heavy (non-hydrogen) atoms. The van der Waals surface area contributed by atoms with Crippen molar-refractivity contribution in [2.24, 2.45) is 11.3 Å². The number of hydrogen-bond acceptors (Lipinski definition) is 2. The van der Waals surface area contributed by atoms with Crippen molar-refractivity contribution < 1.29 is 5.11 Å². The molecule has 0 saturated carbocycles. The molecule has 0 aromatic heterocycles. The van der Waals surface area contributed by atoms with Gasteiger partial charge >= 0.3 is 0 Å². The number of nitrogens with zero attached hydrogens (tertiary/aromatic N) is 1. The molecule has 2 nitrogen and oxygen atoms in total. The molecule has 1 saturated heterocycles. The Hall–Kier alpha value is -1.30. The fourth-order valence-corrected chi connectivity index (χ4v) is 2.84. The maximum Gasteiger partial charge on any atom is 0.104 e. The number of aliphatic hydroxyl groups excluding tert-OH is 1. The van der Waals surface area contributed by atoms with Gasteiger partial charge in [-0.15, -0.1) is 0 Å². The average Bonchev–Trinajstić information content (AvgIpc) is 2.86. The molecule has 1 aliphatic rings. The lowest BCUT2D eigenvalue weighted by Gasteiger charge is -2.27. The molecular formula is C18H25NO. The number of hydrogen-bond donors (Lipinski definition) is 1. The van der Waals surface area contributed by atoms with E-state index in [-0.39, 0.29) is 6.61 Å². The molecular weight excluding hydrogens is 246 g/mol. The van der Waals surface area contributed by atoms with E-state index in [0.717, 1.165) is 18.0 Å². The second-order valence-electron chi connectivity index (χ2n) is 6.70. The lowest BCUT2D eigenvalue weighted by Crippen LogP contribution is -2.26. The topological polar surface area (TPSA) is 23.5 Å². The van der Waals surface area contributed by atoms with Crippen LogP contribution in [0.1, 0.15) is 38.3 Å². The molecule has 0 spiro atoms. The van der Waals surface area contributed by atoms with Gasteiger partial charge in [0.25, 0.3) is 0 Å². The molecule has 1 N–H and O–H groups in total. The summed E-state index contributed by atoms with van der Waals surface area (Å²) in [6, 6.07) is 8.25. The molecule has 2 heteroatoms. The second kappa shape index (κ2) is 6.43. The van der Waals surface area contributed by atoms with Crippen molar-refractivity contribution in [3.63, 3.8) is 0 Å². The summed E-state index contributed by atoms with van der Waals surface area (Å²) in [4.78, 5) is 2.52. The fraction of sp³-hybridized carbons (Fsp3) is 0.556. The van der Waals surface area contributed by atoms with E-state index < -0.39 is 0 Å². The first-order chi connectivity index (χ1) is 9.50. The highest BCUT2D eigenvalue weighted by molar-refractivity contribution is 5.41. The zero-order chi connectivity index (χ0) is 14.6. The largest absolute Gasteiger partial charge is 0.384 e. The van der Waals surface area contributed by atoms with E-state index >= 15 is 0 Å². The Kier molecular flexibility index (Phi) is 4.86. The van der Waals surface area contributed by atoms with E-state index in [1.165, 1.54) is 25.1 Å². The van der Waals surface area contributed by atoms with Crippen LogP contribution in [0.4, 0.5) is 0 Å². The molecule has 0 bridgehead atoms. The van der Waals surface area contributed by atoms with Gasteiger partial charge in [-0.25, -0.2) is 0 Å². The van der Waals surface area contributed by atoms with Gasteiger partial charge in [0, 0.05) is 18.7 Å². The van der Waals surface area contributed by atoms with E-state index in [1.807, 2.05) is 12.1 Å². The van der Waals surface area contributed by atoms with E-state index in [1.54, 1.807) is 0 Å². The van der Waals surface area contributed by atoms with Gasteiger partial charge in [-0.1, -0.05) is 50.8 Å². The minimum Gasteiger partial charge on any atom is -0.384 e. The van der Waals surface area contributed by atoms with Crippen molar-refractivity contribution in [1.29, 1.82) is 0 Å². The standard InChI is InChI=1S/C18H25NO/c1-18(2,3)17-10-11-19(14-17)13-16-8-5-4-7-15(16)9-6-12-20/h4-5,7-8,17,20H,10-14H2,1-3H3. The highest BCUT2D eigenvalue weighted by Gasteiger charge is 2.31. The Morgan fingerprint density at radius 3 is 2.70 bits per heavy atom. The fourth-order valence-electron chi connectivity index (χ4n) is 2.84. The first kappa shape index (κ1) is 15.1. The molecule has 1 aromatic carbocycles. The summed E-state index contributed by atoms with van der Waals surface area (Å²) < 4.78 is 0. The predicted octanol–water partition coefficient (Wildman–Crippen LogP) is 2.90. The van der Waals surface area contributed by atoms with Crippen LogP contribution in [0.25, 0.3) is 0 Å². The molecule has 108 valence electrons. The molecule has 2 rings (SSSR count). The highest BCUT2D eigenvalue weighted by atomic mass is 16.2. The zero-order valence-electron chi connectivity index (χ0n) is 12.8. The van der Waals surface area contributed by atoms with Crippen LogP contribution in [-0.4, -0.2) is 29.7 Å². The van der Waals surface area contributed by atoms with Crippen LogP contribution in [0.2, 0.25) is 0 Å². The Labute approximate surface area is 122 Å². The second-order valence-corrected chi connectivity index (χ2v) is 6.70. The lowest BCUT2D eigenvalue weighted by atomic mass is 9.80. The van der Waals surface area contributed by atoms with Gasteiger partial charge in [-0.2, -0.15) is 0 Å². The monoisotopic (exact) mass is 271 g/mol. The van der Waals surface area contributed by atoms with Crippen molar-refractivity contribution in [2.45, 2.75) is 33.7 Å². The summed E-state index contributed by atoms with van der Waals surface area (Å²) in [5.74, 6) is 6.58. The van der Waals surface area contributed by atoms with E-state index in [4.69, 9.17) is 5.11 Å². The van der Waals surface area contributed by atoms with Crippen molar-refractivity contribution in [2.75, 3.05) is 19.7 Å². The normalized spacial score (nSPS) is 19.7. The first-order valence-corrected chi connectivity index (χ1v) is 7.40. The molecule has 0 radical (unpaired) electrons. The predicted molar refractivity (Wildman–Crippen MR) is 83.2 cm³/mol. The average molecular weight is 271 g/mol. The highest BCUT2D eigenvalue weighted by Crippen LogP contribution is 2.34. The molecule has 1 fully saturated rings. The SMILES string of the molecule is CC(C)(C)C1CCN(Cc2ccccc2C#CCO)C1. The van der Waals surface area contributed by atoms with Crippen LogP contribution in [0.15, 0.2) is 24.3 Å². The molecule has 0 amide bonds. The number of likely N-dealkylation sites (tertiary alicyclic amines) is 1. The van der Waals surface area contributed by atoms with Crippen LogP contribution in [0.5, 0.6) is 0 Å². The quantitative estimate of drug-likeness (QED) is 0.836. The summed E-state index contributed by atoms with van der Waals surface area (Å²) in [5, 5.41) is 8.84. The molecule has 1 heterocycles. The minimum atomic E-state index is -0.0792. The van der Waals surface area contributed by atoms with Crippen LogP contribution >= 0.6 is 0 Å². The van der Waals surface area contributed by atoms with Crippen LogP contribution in [0.3, 0.4) is 0 Å². The van der Waals surface area contributed by atoms with Crippen LogP contribution in [0, 0.1) is 23.2 Å². The van der Waals surface area contributed by atoms with Crippen molar-refractivity contribution in [3.8, 4) is 11.8 Å². The summed E-state index contributed by atoms with van der Waals surface area (Å²) >= 11 is 0. The molecule has 1 unspecified atom stereocenters. The van der Waals surface area contributed by atoms with E-state index in [2.05, 4.69) is 49.6 Å². The smallest absolute Gasteiger partial charge is 0.104 e. The number of rotatable bonds is 2. The van der Waals surface area contributed by atoms with Crippen molar-refractivity contribution >= 4 is 0 Å². The van der Waals surface area contributed by atoms with E-state index in [9.17, 15) is 0 Å². The minimum absolute atomic E-state index is 0.0792. The van der Waals surface area contributed by atoms with Crippen molar-refractivity contribution in [1.82, 2.24) is 4.90 Å². The Morgan fingerprint density at radius 1 is 1.30 bits per heavy atom. The molecule has 1 aromatic rings. The van der Waals surface area contributed by atoms with Gasteiger partial charge in [-0.3, -0.25) is 4.90 Å². The van der Waals surface area contributed by atoms with Gasteiger partial charge in [0.2, 0.25) is 0 Å². The van der Waals surface area contributed by atoms with Gasteiger partial charge in [0.15, 0.2) is 0 Å². The Morgan fingerprint density at radius 2 is 2.05 bits per heavy atom. The van der Waals surface area contributed by atoms with Gasteiger partial charge in [0.1, 0.15) is 6.61 Å². The third kappa shape index (κ3) is 3.85. The Bertz CT molecular complexity index is 504. The number of benzene rings is 1. The first-order valence-electron chi connectivity index (χ1n) is 7.40. The van der Waals surface area contributed by atoms with Gasteiger partial charge in [0.05, 0.1) is 0 Å². The third-order valence-corrected chi connectivity index (χ3v) is 4.21. The summed E-state index contributed by atoms with van der Waals surface area (Å²) in [7, 11) is 0. The summed E-state index contributed by atoms with van der Waals surface area (Å²) in [5.41, 5.74) is 2.70. The lowest BCUT2D eigenvalue weighted by molar-refractivity contribution is 0.226. The van der Waals surface area contributed by atoms with Crippen LogP contribution in [-0.2, 0) is 6.54 Å². The van der Waals surface area contributed by atoms with Gasteiger partial charge < -0.3 is 5.11 Å².